The van der Waals surface area contributed by atoms with Crippen LogP contribution in [-0.4, -0.2) is 89.2 Å². The van der Waals surface area contributed by atoms with Gasteiger partial charge in [0.2, 0.25) is 0 Å². The Morgan fingerprint density at radius 3 is 1.38 bits per heavy atom. The summed E-state index contributed by atoms with van der Waals surface area (Å²) in [6.45, 7) is 5.42. The van der Waals surface area contributed by atoms with Gasteiger partial charge in [-0.15, -0.1) is 0 Å². The summed E-state index contributed by atoms with van der Waals surface area (Å²) < 4.78 is 28.0. The minimum atomic E-state index is -1.94. The van der Waals surface area contributed by atoms with Gasteiger partial charge >= 0.3 is 23.9 Å². The Morgan fingerprint density at radius 2 is 0.915 bits per heavy atom. The lowest BCUT2D eigenvalue weighted by atomic mass is 9.98. The number of carbonyl (C=O) groups is 4. The quantitative estimate of drug-likeness (QED) is 0.0230. The standard InChI is InChI=1S/C59H86O12/c1-4-7-10-13-16-19-22-25-26-29-30-33-36-39-42-45-51(60)67-48-50(69-52(61)46-43-40-37-34-31-27-23-20-17-14-11-8-5-2)49-68-59-57(55(64)54(63)56(71-59)58(65)66)70-53(62)47-44-41-38-35-32-28-24-21-18-15-12-9-6-3/h7-12,16-21,25-28,30-33,37,39-40,42,50,54-57,59,63-64H,4-6,13-15,22-24,29,34-36,38,41,43-49H2,1-3H3,(H,65,66)/b10-7-,11-8-,12-9-,19-16-,20-17-,21-18-,26-25-,31-27-,32-28-,33-30-,40-37-,42-39-. The second-order valence-corrected chi connectivity index (χ2v) is 16.7. The molecular weight excluding hydrogens is 901 g/mol. The molecule has 0 saturated carbocycles. The molecule has 394 valence electrons. The lowest BCUT2D eigenvalue weighted by molar-refractivity contribution is -0.301. The van der Waals surface area contributed by atoms with Crippen LogP contribution in [-0.2, 0) is 42.9 Å². The Hall–Kier alpha value is -5.40. The van der Waals surface area contributed by atoms with Crippen molar-refractivity contribution < 1.29 is 58.2 Å². The van der Waals surface area contributed by atoms with E-state index in [0.29, 0.717) is 25.7 Å². The lowest BCUT2D eigenvalue weighted by Crippen LogP contribution is -2.61. The molecule has 0 aromatic rings. The zero-order valence-corrected chi connectivity index (χ0v) is 42.9. The highest BCUT2D eigenvalue weighted by molar-refractivity contribution is 5.74. The van der Waals surface area contributed by atoms with E-state index in [9.17, 15) is 34.5 Å². The van der Waals surface area contributed by atoms with Gasteiger partial charge in [0, 0.05) is 12.8 Å². The van der Waals surface area contributed by atoms with E-state index in [2.05, 4.69) is 124 Å². The van der Waals surface area contributed by atoms with E-state index in [1.165, 1.54) is 0 Å². The smallest absolute Gasteiger partial charge is 0.335 e. The van der Waals surface area contributed by atoms with Crippen LogP contribution in [0.15, 0.2) is 146 Å². The number of carbonyl (C=O) groups excluding carboxylic acids is 3. The molecule has 6 unspecified atom stereocenters. The van der Waals surface area contributed by atoms with Crippen molar-refractivity contribution in [1.82, 2.24) is 0 Å². The zero-order valence-electron chi connectivity index (χ0n) is 42.9. The van der Waals surface area contributed by atoms with Crippen molar-refractivity contribution in [3.8, 4) is 0 Å². The number of hydrogen-bond donors (Lipinski definition) is 3. The van der Waals surface area contributed by atoms with Gasteiger partial charge in [-0.25, -0.2) is 4.79 Å². The Morgan fingerprint density at radius 1 is 0.479 bits per heavy atom. The molecular formula is C59H86O12. The van der Waals surface area contributed by atoms with E-state index < -0.39 is 73.9 Å². The predicted molar refractivity (Wildman–Crippen MR) is 284 cm³/mol. The first-order valence-corrected chi connectivity index (χ1v) is 25.8. The molecule has 0 aromatic heterocycles. The third-order valence-corrected chi connectivity index (χ3v) is 10.4. The first-order valence-electron chi connectivity index (χ1n) is 25.8. The van der Waals surface area contributed by atoms with E-state index in [-0.39, 0.29) is 19.3 Å². The van der Waals surface area contributed by atoms with Crippen molar-refractivity contribution in [2.75, 3.05) is 13.2 Å². The van der Waals surface area contributed by atoms with Crippen LogP contribution in [0.1, 0.15) is 149 Å². The van der Waals surface area contributed by atoms with Crippen molar-refractivity contribution in [2.24, 2.45) is 0 Å². The van der Waals surface area contributed by atoms with Crippen molar-refractivity contribution in [3.63, 3.8) is 0 Å². The lowest BCUT2D eigenvalue weighted by Gasteiger charge is -2.40. The van der Waals surface area contributed by atoms with Crippen molar-refractivity contribution in [2.45, 2.75) is 186 Å². The number of aliphatic carboxylic acids is 1. The largest absolute Gasteiger partial charge is 0.479 e. The van der Waals surface area contributed by atoms with Crippen molar-refractivity contribution >= 4 is 23.9 Å². The van der Waals surface area contributed by atoms with Crippen molar-refractivity contribution in [3.05, 3.63) is 146 Å². The summed E-state index contributed by atoms with van der Waals surface area (Å²) in [5.41, 5.74) is 0. The molecule has 6 atom stereocenters. The number of esters is 3. The van der Waals surface area contributed by atoms with Crippen LogP contribution in [0.3, 0.4) is 0 Å². The Bertz CT molecular complexity index is 1790. The van der Waals surface area contributed by atoms with Gasteiger partial charge in [-0.2, -0.15) is 0 Å². The van der Waals surface area contributed by atoms with Crippen LogP contribution < -0.4 is 0 Å². The minimum absolute atomic E-state index is 0.000517. The third-order valence-electron chi connectivity index (χ3n) is 10.4. The van der Waals surface area contributed by atoms with Gasteiger partial charge in [-0.3, -0.25) is 14.4 Å². The number of hydrogen-bond acceptors (Lipinski definition) is 11. The summed E-state index contributed by atoms with van der Waals surface area (Å²) in [5, 5.41) is 31.3. The molecule has 1 fully saturated rings. The third kappa shape index (κ3) is 36.2. The van der Waals surface area contributed by atoms with Crippen LogP contribution in [0.5, 0.6) is 0 Å². The Labute approximate surface area is 425 Å². The van der Waals surface area contributed by atoms with Crippen LogP contribution in [0.25, 0.3) is 0 Å². The summed E-state index contributed by atoms with van der Waals surface area (Å²) in [5.74, 6) is -3.47. The molecule has 1 aliphatic heterocycles. The summed E-state index contributed by atoms with van der Waals surface area (Å²) in [6.07, 6.45) is 53.1. The van der Waals surface area contributed by atoms with Crippen molar-refractivity contribution in [1.29, 1.82) is 0 Å². The van der Waals surface area contributed by atoms with E-state index in [1.54, 1.807) is 6.08 Å². The van der Waals surface area contributed by atoms with Crippen LogP contribution in [0, 0.1) is 0 Å². The Kier molecular flexibility index (Phi) is 41.0. The topological polar surface area (TPSA) is 175 Å². The molecule has 1 saturated heterocycles. The number of aliphatic hydroxyl groups is 2. The second kappa shape index (κ2) is 45.7. The predicted octanol–water partition coefficient (Wildman–Crippen LogP) is 12.4. The number of aliphatic hydroxyl groups excluding tert-OH is 2. The van der Waals surface area contributed by atoms with E-state index in [1.807, 2.05) is 36.5 Å². The molecule has 0 amide bonds. The molecule has 0 aromatic carbocycles. The fourth-order valence-electron chi connectivity index (χ4n) is 6.58. The molecule has 0 spiro atoms. The molecule has 12 nitrogen and oxygen atoms in total. The first kappa shape index (κ1) is 63.6. The van der Waals surface area contributed by atoms with Gasteiger partial charge in [0.1, 0.15) is 18.8 Å². The molecule has 1 heterocycles. The number of ether oxygens (including phenoxy) is 5. The molecule has 0 aliphatic carbocycles. The summed E-state index contributed by atoms with van der Waals surface area (Å²) in [7, 11) is 0. The molecule has 12 heteroatoms. The summed E-state index contributed by atoms with van der Waals surface area (Å²) in [6, 6.07) is 0. The maximum Gasteiger partial charge on any atom is 0.335 e. The average molecular weight is 987 g/mol. The monoisotopic (exact) mass is 987 g/mol. The number of allylic oxidation sites excluding steroid dienone is 23. The number of carboxylic acid groups (broad SMARTS) is 1. The first-order chi connectivity index (χ1) is 34.6. The normalized spacial score (nSPS) is 19.7. The van der Waals surface area contributed by atoms with Gasteiger partial charge in [-0.1, -0.05) is 173 Å². The molecule has 0 bridgehead atoms. The van der Waals surface area contributed by atoms with Crippen LogP contribution in [0.2, 0.25) is 0 Å². The summed E-state index contributed by atoms with van der Waals surface area (Å²) >= 11 is 0. The SMILES string of the molecule is CC/C=C\C/C=C\C/C=C\C/C=C\C/C=C\CC(=O)OCC(COC1OC(C(=O)O)C(O)C(O)C1OC(=O)CCCCC/C=C\C/C=C\C/C=C\CC)OC(=O)CC/C=C\C/C=C\C/C=C\C/C=C\CC. The second-order valence-electron chi connectivity index (χ2n) is 16.7. The number of carboxylic acids is 1. The molecule has 0 radical (unpaired) electrons. The minimum Gasteiger partial charge on any atom is -0.479 e. The van der Waals surface area contributed by atoms with Gasteiger partial charge in [0.05, 0.1) is 13.0 Å². The number of rotatable bonds is 40. The highest BCUT2D eigenvalue weighted by Gasteiger charge is 2.50. The van der Waals surface area contributed by atoms with Gasteiger partial charge < -0.3 is 39.0 Å². The highest BCUT2D eigenvalue weighted by Crippen LogP contribution is 2.26. The summed E-state index contributed by atoms with van der Waals surface area (Å²) in [4.78, 5) is 50.7. The Balaban J connectivity index is 2.87. The highest BCUT2D eigenvalue weighted by atomic mass is 16.7. The van der Waals surface area contributed by atoms with E-state index >= 15 is 0 Å². The van der Waals surface area contributed by atoms with Gasteiger partial charge in [0.15, 0.2) is 24.6 Å². The molecule has 1 aliphatic rings. The average Bonchev–Trinajstić information content (AvgIpc) is 3.35. The maximum absolute atomic E-state index is 13.0. The zero-order chi connectivity index (χ0) is 51.8. The fraction of sp³-hybridized carbons (Fsp3) is 0.525. The number of unbranched alkanes of at least 4 members (excludes halogenated alkanes) is 3. The molecule has 1 rings (SSSR count). The van der Waals surface area contributed by atoms with Gasteiger partial charge in [-0.05, 0) is 103 Å². The van der Waals surface area contributed by atoms with Crippen LogP contribution in [0.4, 0.5) is 0 Å². The fourth-order valence-corrected chi connectivity index (χ4v) is 6.58. The molecule has 3 N–H and O–H groups in total. The van der Waals surface area contributed by atoms with E-state index in [4.69, 9.17) is 23.7 Å². The van der Waals surface area contributed by atoms with Crippen LogP contribution >= 0.6 is 0 Å². The van der Waals surface area contributed by atoms with E-state index in [0.717, 1.165) is 83.5 Å². The molecule has 71 heavy (non-hydrogen) atoms. The maximum atomic E-state index is 13.0. The van der Waals surface area contributed by atoms with Gasteiger partial charge in [0.25, 0.3) is 0 Å².